The molecule has 0 bridgehead atoms. The largest absolute Gasteiger partial charge is 0.507 e. The van der Waals surface area contributed by atoms with Crippen LogP contribution in [0.1, 0.15) is 23.6 Å². The standard InChI is InChI=1S/C23H24ClFN2O4/c1-26(2)11-6-12-27-20(15-7-4-5-8-17(15)25)19(22(29)23(27)30)21(28)14-9-10-18(31-3)16(24)13-14/h4-5,7-10,13,20,28H,6,11-12H2,1-3H3. The van der Waals surface area contributed by atoms with Gasteiger partial charge in [-0.05, 0) is 51.3 Å². The number of nitrogens with zero attached hydrogens (tertiary/aromatic N) is 2. The predicted octanol–water partition coefficient (Wildman–Crippen LogP) is 3.86. The summed E-state index contributed by atoms with van der Waals surface area (Å²) in [5.41, 5.74) is 0.215. The second-order valence-electron chi connectivity index (χ2n) is 7.52. The van der Waals surface area contributed by atoms with Crippen LogP contribution in [-0.4, -0.2) is 60.9 Å². The first-order valence-electron chi connectivity index (χ1n) is 9.77. The van der Waals surface area contributed by atoms with Gasteiger partial charge in [-0.25, -0.2) is 4.39 Å². The normalized spacial score (nSPS) is 18.1. The number of likely N-dealkylation sites (tertiary alicyclic amines) is 1. The van der Waals surface area contributed by atoms with Crippen LogP contribution in [0.15, 0.2) is 48.0 Å². The third-order valence-electron chi connectivity index (χ3n) is 5.17. The summed E-state index contributed by atoms with van der Waals surface area (Å²) in [6.07, 6.45) is 0.583. The van der Waals surface area contributed by atoms with Crippen LogP contribution in [0.3, 0.4) is 0 Å². The number of halogens is 2. The topological polar surface area (TPSA) is 70.1 Å². The summed E-state index contributed by atoms with van der Waals surface area (Å²) in [4.78, 5) is 29.0. The summed E-state index contributed by atoms with van der Waals surface area (Å²) < 4.78 is 19.8. The molecule has 164 valence electrons. The molecule has 3 rings (SSSR count). The van der Waals surface area contributed by atoms with Gasteiger partial charge in [0.05, 0.1) is 23.7 Å². The van der Waals surface area contributed by atoms with E-state index in [1.807, 2.05) is 19.0 Å². The van der Waals surface area contributed by atoms with Gasteiger partial charge in [0.15, 0.2) is 0 Å². The number of aliphatic hydroxyl groups excluding tert-OH is 1. The lowest BCUT2D eigenvalue weighted by molar-refractivity contribution is -0.140. The van der Waals surface area contributed by atoms with Crippen molar-refractivity contribution in [3.05, 3.63) is 70.0 Å². The number of benzene rings is 2. The third kappa shape index (κ3) is 4.57. The fourth-order valence-electron chi connectivity index (χ4n) is 3.66. The summed E-state index contributed by atoms with van der Waals surface area (Å²) in [5, 5.41) is 11.2. The molecule has 1 N–H and O–H groups in total. The van der Waals surface area contributed by atoms with Crippen molar-refractivity contribution in [2.24, 2.45) is 0 Å². The van der Waals surface area contributed by atoms with Gasteiger partial charge in [0.25, 0.3) is 11.7 Å². The van der Waals surface area contributed by atoms with Crippen molar-refractivity contribution in [1.29, 1.82) is 0 Å². The summed E-state index contributed by atoms with van der Waals surface area (Å²) in [5.74, 6) is -2.21. The van der Waals surface area contributed by atoms with E-state index in [2.05, 4.69) is 0 Å². The molecule has 8 heteroatoms. The number of rotatable bonds is 7. The average molecular weight is 447 g/mol. The SMILES string of the molecule is COc1ccc(C(O)=C2C(=O)C(=O)N(CCCN(C)C)C2c2ccccc2F)cc1Cl. The number of hydrogen-bond donors (Lipinski definition) is 1. The molecule has 1 unspecified atom stereocenters. The molecule has 1 heterocycles. The molecule has 1 fully saturated rings. The highest BCUT2D eigenvalue weighted by Crippen LogP contribution is 2.41. The lowest BCUT2D eigenvalue weighted by atomic mass is 9.95. The van der Waals surface area contributed by atoms with Gasteiger partial charge >= 0.3 is 0 Å². The zero-order valence-electron chi connectivity index (χ0n) is 17.6. The number of carbonyl (C=O) groups is 2. The van der Waals surface area contributed by atoms with Crippen molar-refractivity contribution in [3.8, 4) is 5.75 Å². The monoisotopic (exact) mass is 446 g/mol. The van der Waals surface area contributed by atoms with Crippen LogP contribution in [0.5, 0.6) is 5.75 Å². The Kier molecular flexibility index (Phi) is 6.97. The van der Waals surface area contributed by atoms with E-state index >= 15 is 0 Å². The zero-order chi connectivity index (χ0) is 22.7. The van der Waals surface area contributed by atoms with Crippen molar-refractivity contribution in [2.45, 2.75) is 12.5 Å². The van der Waals surface area contributed by atoms with Crippen molar-refractivity contribution >= 4 is 29.1 Å². The van der Waals surface area contributed by atoms with Crippen LogP contribution in [0.2, 0.25) is 5.02 Å². The van der Waals surface area contributed by atoms with E-state index in [4.69, 9.17) is 16.3 Å². The van der Waals surface area contributed by atoms with E-state index in [0.717, 1.165) is 0 Å². The van der Waals surface area contributed by atoms with E-state index in [9.17, 15) is 19.1 Å². The minimum absolute atomic E-state index is 0.146. The molecule has 6 nitrogen and oxygen atoms in total. The number of carbonyl (C=O) groups excluding carboxylic acids is 2. The summed E-state index contributed by atoms with van der Waals surface area (Å²) in [7, 11) is 5.25. The summed E-state index contributed by atoms with van der Waals surface area (Å²) >= 11 is 6.17. The quantitative estimate of drug-likeness (QED) is 0.397. The molecule has 1 saturated heterocycles. The van der Waals surface area contributed by atoms with Gasteiger partial charge in [-0.1, -0.05) is 29.8 Å². The molecule has 1 aliphatic rings. The Labute approximate surface area is 185 Å². The first-order chi connectivity index (χ1) is 14.8. The smallest absolute Gasteiger partial charge is 0.295 e. The molecule has 0 aliphatic carbocycles. The van der Waals surface area contributed by atoms with Crippen LogP contribution in [0, 0.1) is 5.82 Å². The number of amides is 1. The third-order valence-corrected chi connectivity index (χ3v) is 5.46. The molecule has 31 heavy (non-hydrogen) atoms. The molecule has 2 aromatic rings. The fraction of sp³-hybridized carbons (Fsp3) is 0.304. The van der Waals surface area contributed by atoms with Gasteiger partial charge in [0, 0.05) is 17.7 Å². The van der Waals surface area contributed by atoms with Crippen molar-refractivity contribution < 1.29 is 23.8 Å². The van der Waals surface area contributed by atoms with Gasteiger partial charge in [-0.2, -0.15) is 0 Å². The molecular formula is C23H24ClFN2O4. The number of ketones is 1. The minimum atomic E-state index is -1.04. The Bertz CT molecular complexity index is 1040. The molecule has 1 atom stereocenters. The Balaban J connectivity index is 2.13. The number of Topliss-reactive ketones (excluding diaryl/α,β-unsaturated/α-hetero) is 1. The highest BCUT2D eigenvalue weighted by Gasteiger charge is 2.46. The first-order valence-corrected chi connectivity index (χ1v) is 10.2. The molecular weight excluding hydrogens is 423 g/mol. The van der Waals surface area contributed by atoms with Gasteiger partial charge in [0.2, 0.25) is 0 Å². The Morgan fingerprint density at radius 2 is 1.94 bits per heavy atom. The molecule has 2 aromatic carbocycles. The van der Waals surface area contributed by atoms with E-state index in [-0.39, 0.29) is 28.3 Å². The van der Waals surface area contributed by atoms with Crippen LogP contribution in [-0.2, 0) is 9.59 Å². The molecule has 0 saturated carbocycles. The Morgan fingerprint density at radius 1 is 1.23 bits per heavy atom. The maximum atomic E-state index is 14.7. The zero-order valence-corrected chi connectivity index (χ0v) is 18.3. The van der Waals surface area contributed by atoms with Crippen molar-refractivity contribution in [2.75, 3.05) is 34.3 Å². The van der Waals surface area contributed by atoms with E-state index in [1.165, 1.54) is 42.3 Å². The van der Waals surface area contributed by atoms with E-state index in [0.29, 0.717) is 18.7 Å². The molecule has 0 spiro atoms. The number of hydrogen-bond acceptors (Lipinski definition) is 5. The van der Waals surface area contributed by atoms with Gasteiger partial charge in [-0.3, -0.25) is 9.59 Å². The van der Waals surface area contributed by atoms with E-state index in [1.54, 1.807) is 12.1 Å². The van der Waals surface area contributed by atoms with Crippen LogP contribution in [0.25, 0.3) is 5.76 Å². The van der Waals surface area contributed by atoms with E-state index < -0.39 is 29.3 Å². The van der Waals surface area contributed by atoms with Crippen LogP contribution < -0.4 is 4.74 Å². The van der Waals surface area contributed by atoms with Crippen molar-refractivity contribution in [3.63, 3.8) is 0 Å². The van der Waals surface area contributed by atoms with Gasteiger partial charge < -0.3 is 19.6 Å². The number of aliphatic hydroxyl groups is 1. The summed E-state index contributed by atoms with van der Waals surface area (Å²) in [6.45, 7) is 0.920. The second-order valence-corrected chi connectivity index (χ2v) is 7.93. The lowest BCUT2D eigenvalue weighted by Crippen LogP contribution is -2.32. The van der Waals surface area contributed by atoms with Gasteiger partial charge in [0.1, 0.15) is 17.3 Å². The minimum Gasteiger partial charge on any atom is -0.507 e. The summed E-state index contributed by atoms with van der Waals surface area (Å²) in [6, 6.07) is 9.40. The lowest BCUT2D eigenvalue weighted by Gasteiger charge is -2.26. The van der Waals surface area contributed by atoms with Gasteiger partial charge in [-0.15, -0.1) is 0 Å². The molecule has 1 aliphatic heterocycles. The van der Waals surface area contributed by atoms with Crippen molar-refractivity contribution in [1.82, 2.24) is 9.80 Å². The number of ether oxygens (including phenoxy) is 1. The predicted molar refractivity (Wildman–Crippen MR) is 117 cm³/mol. The second kappa shape index (κ2) is 9.49. The fourth-order valence-corrected chi connectivity index (χ4v) is 3.91. The van der Waals surface area contributed by atoms with Crippen LogP contribution >= 0.6 is 11.6 Å². The maximum Gasteiger partial charge on any atom is 0.295 e. The molecule has 1 amide bonds. The van der Waals surface area contributed by atoms with Crippen LogP contribution in [0.4, 0.5) is 4.39 Å². The number of methoxy groups -OCH3 is 1. The molecule has 0 aromatic heterocycles. The highest BCUT2D eigenvalue weighted by atomic mass is 35.5. The Hall–Kier alpha value is -2.90. The first kappa shape index (κ1) is 22.8. The Morgan fingerprint density at radius 3 is 2.55 bits per heavy atom. The highest BCUT2D eigenvalue weighted by molar-refractivity contribution is 6.46. The average Bonchev–Trinajstić information content (AvgIpc) is 2.98. The molecule has 0 radical (unpaired) electrons. The maximum absolute atomic E-state index is 14.7.